The van der Waals surface area contributed by atoms with Gasteiger partial charge in [-0.25, -0.2) is 4.79 Å². The number of aromatic nitrogens is 1. The summed E-state index contributed by atoms with van der Waals surface area (Å²) in [5.41, 5.74) is 2.29. The number of aryl methyl sites for hydroxylation is 1. The molecule has 0 aromatic carbocycles. The van der Waals surface area contributed by atoms with E-state index in [2.05, 4.69) is 4.74 Å². The van der Waals surface area contributed by atoms with Gasteiger partial charge >= 0.3 is 5.97 Å². The first-order chi connectivity index (χ1) is 7.02. The van der Waals surface area contributed by atoms with Crippen LogP contribution < -0.4 is 0 Å². The molecule has 1 atom stereocenters. The second kappa shape index (κ2) is 4.29. The van der Waals surface area contributed by atoms with Crippen molar-refractivity contribution in [1.29, 1.82) is 0 Å². The van der Waals surface area contributed by atoms with E-state index in [9.17, 15) is 9.59 Å². The second-order valence-corrected chi connectivity index (χ2v) is 3.51. The first-order valence-electron chi connectivity index (χ1n) is 4.74. The van der Waals surface area contributed by atoms with Crippen molar-refractivity contribution in [1.82, 2.24) is 4.57 Å². The van der Waals surface area contributed by atoms with Crippen LogP contribution in [0.15, 0.2) is 6.07 Å². The zero-order valence-corrected chi connectivity index (χ0v) is 9.40. The lowest BCUT2D eigenvalue weighted by molar-refractivity contribution is -0.144. The van der Waals surface area contributed by atoms with Gasteiger partial charge < -0.3 is 9.30 Å². The summed E-state index contributed by atoms with van der Waals surface area (Å²) in [7, 11) is 1.35. The van der Waals surface area contributed by atoms with Crippen molar-refractivity contribution in [2.45, 2.75) is 26.8 Å². The number of hydrogen-bond acceptors (Lipinski definition) is 3. The SMILES string of the molecule is COC(=O)[C@@H](C)n1c(C)cc(C=O)c1C. The predicted molar refractivity (Wildman–Crippen MR) is 56.0 cm³/mol. The summed E-state index contributed by atoms with van der Waals surface area (Å²) in [6.45, 7) is 5.43. The maximum absolute atomic E-state index is 11.4. The number of rotatable bonds is 3. The largest absolute Gasteiger partial charge is 0.467 e. The van der Waals surface area contributed by atoms with E-state index in [1.165, 1.54) is 7.11 Å². The molecule has 4 heteroatoms. The third kappa shape index (κ3) is 1.93. The fourth-order valence-corrected chi connectivity index (χ4v) is 1.79. The highest BCUT2D eigenvalue weighted by Gasteiger charge is 2.20. The smallest absolute Gasteiger partial charge is 0.328 e. The Morgan fingerprint density at radius 3 is 2.53 bits per heavy atom. The van der Waals surface area contributed by atoms with E-state index in [4.69, 9.17) is 0 Å². The van der Waals surface area contributed by atoms with Crippen molar-refractivity contribution in [3.8, 4) is 0 Å². The van der Waals surface area contributed by atoms with Crippen molar-refractivity contribution in [3.05, 3.63) is 23.0 Å². The minimum Gasteiger partial charge on any atom is -0.467 e. The van der Waals surface area contributed by atoms with E-state index in [0.717, 1.165) is 17.7 Å². The molecule has 0 aliphatic heterocycles. The Labute approximate surface area is 88.8 Å². The van der Waals surface area contributed by atoms with Gasteiger partial charge in [-0.2, -0.15) is 0 Å². The second-order valence-electron chi connectivity index (χ2n) is 3.51. The Morgan fingerprint density at radius 2 is 2.13 bits per heavy atom. The molecule has 0 unspecified atom stereocenters. The maximum Gasteiger partial charge on any atom is 0.328 e. The van der Waals surface area contributed by atoms with Crippen LogP contribution in [0, 0.1) is 13.8 Å². The summed E-state index contributed by atoms with van der Waals surface area (Å²) in [6.07, 6.45) is 0.794. The number of ether oxygens (including phenoxy) is 1. The highest BCUT2D eigenvalue weighted by atomic mass is 16.5. The number of hydrogen-bond donors (Lipinski definition) is 0. The molecule has 4 nitrogen and oxygen atoms in total. The first-order valence-corrected chi connectivity index (χ1v) is 4.74. The fourth-order valence-electron chi connectivity index (χ4n) is 1.79. The standard InChI is InChI=1S/C11H15NO3/c1-7-5-10(6-13)8(2)12(7)9(3)11(14)15-4/h5-6,9H,1-4H3/t9-/m1/s1. The molecule has 0 fully saturated rings. The number of carbonyl (C=O) groups excluding carboxylic acids is 2. The van der Waals surface area contributed by atoms with Crippen molar-refractivity contribution < 1.29 is 14.3 Å². The van der Waals surface area contributed by atoms with Gasteiger partial charge in [0.1, 0.15) is 6.04 Å². The van der Waals surface area contributed by atoms with E-state index in [1.807, 2.05) is 13.8 Å². The van der Waals surface area contributed by atoms with Crippen LogP contribution in [0.3, 0.4) is 0 Å². The van der Waals surface area contributed by atoms with Crippen LogP contribution in [-0.4, -0.2) is 23.9 Å². The molecule has 0 aliphatic rings. The normalized spacial score (nSPS) is 12.3. The lowest BCUT2D eigenvalue weighted by Crippen LogP contribution is -2.19. The van der Waals surface area contributed by atoms with Gasteiger partial charge in [0, 0.05) is 17.0 Å². The van der Waals surface area contributed by atoms with Gasteiger partial charge in [-0.05, 0) is 26.8 Å². The van der Waals surface area contributed by atoms with Crippen LogP contribution in [-0.2, 0) is 9.53 Å². The Morgan fingerprint density at radius 1 is 1.53 bits per heavy atom. The molecule has 0 aliphatic carbocycles. The van der Waals surface area contributed by atoms with Crippen LogP contribution in [0.1, 0.15) is 34.7 Å². The molecule has 1 heterocycles. The van der Waals surface area contributed by atoms with E-state index in [0.29, 0.717) is 5.56 Å². The average Bonchev–Trinajstić information content (AvgIpc) is 2.51. The Bertz CT molecular complexity index is 393. The molecule has 0 saturated carbocycles. The molecular formula is C11H15NO3. The quantitative estimate of drug-likeness (QED) is 0.561. The van der Waals surface area contributed by atoms with E-state index >= 15 is 0 Å². The van der Waals surface area contributed by atoms with Gasteiger partial charge in [0.2, 0.25) is 0 Å². The van der Waals surface area contributed by atoms with Crippen LogP contribution >= 0.6 is 0 Å². The zero-order chi connectivity index (χ0) is 11.6. The van der Waals surface area contributed by atoms with Crippen molar-refractivity contribution >= 4 is 12.3 Å². The molecular weight excluding hydrogens is 194 g/mol. The van der Waals surface area contributed by atoms with Gasteiger partial charge in [-0.1, -0.05) is 0 Å². The van der Waals surface area contributed by atoms with Crippen molar-refractivity contribution in [3.63, 3.8) is 0 Å². The molecule has 1 rings (SSSR count). The lowest BCUT2D eigenvalue weighted by atomic mass is 10.2. The highest BCUT2D eigenvalue weighted by molar-refractivity contribution is 5.79. The van der Waals surface area contributed by atoms with E-state index in [1.54, 1.807) is 17.6 Å². The Balaban J connectivity index is 3.19. The molecule has 0 radical (unpaired) electrons. The third-order valence-electron chi connectivity index (χ3n) is 2.58. The zero-order valence-electron chi connectivity index (χ0n) is 9.40. The third-order valence-corrected chi connectivity index (χ3v) is 2.58. The summed E-state index contributed by atoms with van der Waals surface area (Å²) < 4.78 is 6.47. The van der Waals surface area contributed by atoms with Gasteiger partial charge in [-0.15, -0.1) is 0 Å². The first kappa shape index (κ1) is 11.5. The molecule has 0 bridgehead atoms. The minimum atomic E-state index is -0.399. The van der Waals surface area contributed by atoms with Crippen LogP contribution in [0.2, 0.25) is 0 Å². The molecule has 0 spiro atoms. The van der Waals surface area contributed by atoms with E-state index in [-0.39, 0.29) is 5.97 Å². The van der Waals surface area contributed by atoms with Crippen LogP contribution in [0.5, 0.6) is 0 Å². The van der Waals surface area contributed by atoms with Crippen LogP contribution in [0.4, 0.5) is 0 Å². The summed E-state index contributed by atoms with van der Waals surface area (Å²) in [6, 6.07) is 1.37. The number of carbonyl (C=O) groups is 2. The Kier molecular flexibility index (Phi) is 3.29. The average molecular weight is 209 g/mol. The van der Waals surface area contributed by atoms with E-state index < -0.39 is 6.04 Å². The summed E-state index contributed by atoms with van der Waals surface area (Å²) in [4.78, 5) is 22.1. The summed E-state index contributed by atoms with van der Waals surface area (Å²) in [5, 5.41) is 0. The van der Waals surface area contributed by atoms with Gasteiger partial charge in [0.25, 0.3) is 0 Å². The number of methoxy groups -OCH3 is 1. The number of aldehydes is 1. The number of nitrogens with zero attached hydrogens (tertiary/aromatic N) is 1. The number of esters is 1. The van der Waals surface area contributed by atoms with Crippen LogP contribution in [0.25, 0.3) is 0 Å². The predicted octanol–water partition coefficient (Wildman–Crippen LogP) is 1.65. The monoisotopic (exact) mass is 209 g/mol. The van der Waals surface area contributed by atoms with Crippen molar-refractivity contribution in [2.75, 3.05) is 7.11 Å². The molecule has 1 aromatic heterocycles. The van der Waals surface area contributed by atoms with Gasteiger partial charge in [0.05, 0.1) is 7.11 Å². The lowest BCUT2D eigenvalue weighted by Gasteiger charge is -2.15. The maximum atomic E-state index is 11.4. The molecule has 15 heavy (non-hydrogen) atoms. The molecule has 0 saturated heterocycles. The Hall–Kier alpha value is -1.58. The molecule has 0 N–H and O–H groups in total. The van der Waals surface area contributed by atoms with Gasteiger partial charge in [-0.3, -0.25) is 4.79 Å². The molecule has 0 amide bonds. The van der Waals surface area contributed by atoms with Crippen molar-refractivity contribution in [2.24, 2.45) is 0 Å². The molecule has 1 aromatic rings. The fraction of sp³-hybridized carbons (Fsp3) is 0.455. The summed E-state index contributed by atoms with van der Waals surface area (Å²) >= 11 is 0. The van der Waals surface area contributed by atoms with Gasteiger partial charge in [0.15, 0.2) is 6.29 Å². The molecule has 82 valence electrons. The minimum absolute atomic E-state index is 0.311. The summed E-state index contributed by atoms with van der Waals surface area (Å²) in [5.74, 6) is -0.311. The highest BCUT2D eigenvalue weighted by Crippen LogP contribution is 2.19. The topological polar surface area (TPSA) is 48.3 Å².